The molecule has 5 heteroatoms. The van der Waals surface area contributed by atoms with Crippen LogP contribution in [0.2, 0.25) is 0 Å². The van der Waals surface area contributed by atoms with Crippen LogP contribution in [-0.4, -0.2) is 20.8 Å². The minimum absolute atomic E-state index is 0.0453. The van der Waals surface area contributed by atoms with Gasteiger partial charge >= 0.3 is 0 Å². The zero-order valence-corrected chi connectivity index (χ0v) is 11.7. The van der Waals surface area contributed by atoms with Crippen molar-refractivity contribution in [1.82, 2.24) is 0 Å². The second-order valence-electron chi connectivity index (χ2n) is 4.85. The summed E-state index contributed by atoms with van der Waals surface area (Å²) >= 11 is 0. The van der Waals surface area contributed by atoms with E-state index in [1.807, 2.05) is 6.07 Å². The molecule has 102 valence electrons. The minimum Gasteiger partial charge on any atom is -0.496 e. The van der Waals surface area contributed by atoms with E-state index in [1.165, 1.54) is 7.11 Å². The summed E-state index contributed by atoms with van der Waals surface area (Å²) in [5.41, 5.74) is 1.03. The van der Waals surface area contributed by atoms with Gasteiger partial charge in [-0.05, 0) is 31.0 Å². The highest BCUT2D eigenvalue weighted by Gasteiger charge is 2.29. The molecule has 0 saturated heterocycles. The zero-order valence-electron chi connectivity index (χ0n) is 10.9. The Morgan fingerprint density at radius 2 is 2.05 bits per heavy atom. The molecule has 0 amide bonds. The van der Waals surface area contributed by atoms with E-state index in [9.17, 15) is 8.42 Å². The van der Waals surface area contributed by atoms with Gasteiger partial charge in [-0.25, -0.2) is 8.42 Å². The number of rotatable bonds is 4. The molecule has 0 unspecified atom stereocenters. The average molecular weight is 279 g/mol. The van der Waals surface area contributed by atoms with Gasteiger partial charge in [0.1, 0.15) is 5.75 Å². The van der Waals surface area contributed by atoms with Crippen molar-refractivity contribution in [3.8, 4) is 11.8 Å². The molecule has 0 aliphatic heterocycles. The van der Waals surface area contributed by atoms with Gasteiger partial charge in [-0.2, -0.15) is 5.26 Å². The number of nitriles is 1. The molecule has 0 atom stereocenters. The summed E-state index contributed by atoms with van der Waals surface area (Å²) < 4.78 is 29.8. The Morgan fingerprint density at radius 1 is 1.37 bits per heavy atom. The van der Waals surface area contributed by atoms with Crippen molar-refractivity contribution < 1.29 is 13.2 Å². The van der Waals surface area contributed by atoms with Crippen LogP contribution in [0.5, 0.6) is 5.75 Å². The number of hydrogen-bond donors (Lipinski definition) is 0. The second kappa shape index (κ2) is 5.62. The fraction of sp³-hybridized carbons (Fsp3) is 0.500. The molecule has 0 radical (unpaired) electrons. The van der Waals surface area contributed by atoms with E-state index in [2.05, 4.69) is 0 Å². The maximum Gasteiger partial charge on any atom is 0.157 e. The second-order valence-corrected chi connectivity index (χ2v) is 7.13. The quantitative estimate of drug-likeness (QED) is 0.849. The van der Waals surface area contributed by atoms with Crippen molar-refractivity contribution in [2.24, 2.45) is 0 Å². The molecule has 0 bridgehead atoms. The van der Waals surface area contributed by atoms with Crippen molar-refractivity contribution in [3.63, 3.8) is 0 Å². The van der Waals surface area contributed by atoms with Crippen LogP contribution in [0.4, 0.5) is 0 Å². The number of hydrogen-bond acceptors (Lipinski definition) is 4. The molecule has 0 spiro atoms. The lowest BCUT2D eigenvalue weighted by molar-refractivity contribution is 0.411. The van der Waals surface area contributed by atoms with E-state index in [0.717, 1.165) is 25.7 Å². The molecule has 4 nitrogen and oxygen atoms in total. The highest BCUT2D eigenvalue weighted by molar-refractivity contribution is 7.91. The third-order valence-electron chi connectivity index (χ3n) is 3.58. The molecule has 1 aliphatic rings. The number of nitrogens with zero attached hydrogens (tertiary/aromatic N) is 1. The highest BCUT2D eigenvalue weighted by atomic mass is 32.2. The van der Waals surface area contributed by atoms with Gasteiger partial charge in [0.15, 0.2) is 9.84 Å². The van der Waals surface area contributed by atoms with Crippen molar-refractivity contribution >= 4 is 9.84 Å². The third kappa shape index (κ3) is 3.07. The van der Waals surface area contributed by atoms with Crippen LogP contribution in [-0.2, 0) is 15.6 Å². The van der Waals surface area contributed by atoms with Crippen LogP contribution in [0.3, 0.4) is 0 Å². The largest absolute Gasteiger partial charge is 0.496 e. The molecule has 1 saturated carbocycles. The van der Waals surface area contributed by atoms with E-state index >= 15 is 0 Å². The Labute approximate surface area is 113 Å². The summed E-state index contributed by atoms with van der Waals surface area (Å²) in [6.45, 7) is 0. The standard InChI is InChI=1S/C14H17NO3S/c1-18-14-7-6-11(9-15)8-12(14)10-19(16,17)13-4-2-3-5-13/h6-8,13H,2-5,10H2,1H3. The molecule has 1 aliphatic carbocycles. The first-order chi connectivity index (χ1) is 9.06. The van der Waals surface area contributed by atoms with Crippen LogP contribution < -0.4 is 4.74 Å². The van der Waals surface area contributed by atoms with Gasteiger partial charge in [-0.3, -0.25) is 0 Å². The van der Waals surface area contributed by atoms with Crippen LogP contribution in [0.25, 0.3) is 0 Å². The van der Waals surface area contributed by atoms with E-state index in [1.54, 1.807) is 18.2 Å². The SMILES string of the molecule is COc1ccc(C#N)cc1CS(=O)(=O)C1CCCC1. The molecule has 0 heterocycles. The van der Waals surface area contributed by atoms with Crippen LogP contribution in [0.1, 0.15) is 36.8 Å². The van der Waals surface area contributed by atoms with Gasteiger partial charge in [0.25, 0.3) is 0 Å². The minimum atomic E-state index is -3.16. The smallest absolute Gasteiger partial charge is 0.157 e. The number of sulfone groups is 1. The van der Waals surface area contributed by atoms with Crippen molar-refractivity contribution in [1.29, 1.82) is 5.26 Å². The Kier molecular flexibility index (Phi) is 4.11. The molecule has 1 fully saturated rings. The summed E-state index contributed by atoms with van der Waals surface area (Å²) in [5.74, 6) is 0.483. The fourth-order valence-electron chi connectivity index (χ4n) is 2.54. The van der Waals surface area contributed by atoms with Crippen LogP contribution in [0, 0.1) is 11.3 Å². The lowest BCUT2D eigenvalue weighted by Crippen LogP contribution is -2.19. The lowest BCUT2D eigenvalue weighted by Gasteiger charge is -2.13. The Bertz CT molecular complexity index is 596. The first-order valence-electron chi connectivity index (χ1n) is 6.35. The van der Waals surface area contributed by atoms with Crippen molar-refractivity contribution in [3.05, 3.63) is 29.3 Å². The third-order valence-corrected chi connectivity index (χ3v) is 5.78. The number of benzene rings is 1. The predicted octanol–water partition coefficient (Wildman–Crippen LogP) is 2.42. The molecule has 0 N–H and O–H groups in total. The van der Waals surface area contributed by atoms with Crippen molar-refractivity contribution in [2.45, 2.75) is 36.7 Å². The normalized spacial score (nSPS) is 16.2. The molecule has 1 aromatic rings. The van der Waals surface area contributed by atoms with Crippen molar-refractivity contribution in [2.75, 3.05) is 7.11 Å². The van der Waals surface area contributed by atoms with Gasteiger partial charge in [0, 0.05) is 5.56 Å². The molecular formula is C14H17NO3S. The summed E-state index contributed by atoms with van der Waals surface area (Å²) in [6.07, 6.45) is 3.48. The van der Waals surface area contributed by atoms with Gasteiger partial charge in [0.2, 0.25) is 0 Å². The maximum atomic E-state index is 12.3. The van der Waals surface area contributed by atoms with E-state index in [0.29, 0.717) is 16.9 Å². The molecule has 0 aromatic heterocycles. The monoisotopic (exact) mass is 279 g/mol. The Hall–Kier alpha value is -1.54. The topological polar surface area (TPSA) is 67.2 Å². The summed E-state index contributed by atoms with van der Waals surface area (Å²) in [4.78, 5) is 0. The molecule has 19 heavy (non-hydrogen) atoms. The first kappa shape index (κ1) is 13.9. The van der Waals surface area contributed by atoms with Crippen LogP contribution >= 0.6 is 0 Å². The van der Waals surface area contributed by atoms with E-state index < -0.39 is 9.84 Å². The predicted molar refractivity (Wildman–Crippen MR) is 72.6 cm³/mol. The van der Waals surface area contributed by atoms with Gasteiger partial charge in [-0.15, -0.1) is 0 Å². The Morgan fingerprint density at radius 3 is 2.63 bits per heavy atom. The number of ether oxygens (including phenoxy) is 1. The summed E-state index contributed by atoms with van der Waals surface area (Å²) in [5, 5.41) is 8.66. The van der Waals surface area contributed by atoms with Gasteiger partial charge in [0.05, 0.1) is 29.7 Å². The Balaban J connectivity index is 2.29. The first-order valence-corrected chi connectivity index (χ1v) is 8.07. The maximum absolute atomic E-state index is 12.3. The molecule has 2 rings (SSSR count). The fourth-order valence-corrected chi connectivity index (χ4v) is 4.49. The van der Waals surface area contributed by atoms with Gasteiger partial charge in [-0.1, -0.05) is 12.8 Å². The zero-order chi connectivity index (χ0) is 13.9. The number of methoxy groups -OCH3 is 1. The summed E-state index contributed by atoms with van der Waals surface area (Å²) in [6, 6.07) is 6.91. The highest BCUT2D eigenvalue weighted by Crippen LogP contribution is 2.29. The average Bonchev–Trinajstić information content (AvgIpc) is 2.93. The van der Waals surface area contributed by atoms with E-state index in [-0.39, 0.29) is 11.0 Å². The van der Waals surface area contributed by atoms with Gasteiger partial charge < -0.3 is 4.74 Å². The van der Waals surface area contributed by atoms with Crippen LogP contribution in [0.15, 0.2) is 18.2 Å². The molecule has 1 aromatic carbocycles. The molecular weight excluding hydrogens is 262 g/mol. The summed E-state index contributed by atoms with van der Waals surface area (Å²) in [7, 11) is -1.65. The lowest BCUT2D eigenvalue weighted by atomic mass is 10.1. The van der Waals surface area contributed by atoms with E-state index in [4.69, 9.17) is 10.00 Å².